The predicted octanol–water partition coefficient (Wildman–Crippen LogP) is 1.96. The molecule has 0 aromatic carbocycles. The summed E-state index contributed by atoms with van der Waals surface area (Å²) >= 11 is 0. The van der Waals surface area contributed by atoms with E-state index in [4.69, 9.17) is 9.47 Å². The van der Waals surface area contributed by atoms with Crippen molar-refractivity contribution in [1.82, 2.24) is 0 Å². The van der Waals surface area contributed by atoms with E-state index in [0.717, 1.165) is 26.1 Å². The second-order valence-corrected chi connectivity index (χ2v) is 2.96. The number of hydrogen-bond donors (Lipinski definition) is 0. The average molecular weight is 156 g/mol. The SMILES string of the molecule is C=COC(C)C1CCOCC1. The van der Waals surface area contributed by atoms with E-state index in [1.165, 1.54) is 6.26 Å². The lowest BCUT2D eigenvalue weighted by Crippen LogP contribution is -2.26. The smallest absolute Gasteiger partial charge is 0.0979 e. The Labute approximate surface area is 68.2 Å². The van der Waals surface area contributed by atoms with Gasteiger partial charge in [0.2, 0.25) is 0 Å². The molecule has 0 amide bonds. The van der Waals surface area contributed by atoms with E-state index in [1.807, 2.05) is 0 Å². The maximum Gasteiger partial charge on any atom is 0.0979 e. The zero-order valence-electron chi connectivity index (χ0n) is 7.08. The van der Waals surface area contributed by atoms with E-state index in [0.29, 0.717) is 12.0 Å². The highest BCUT2D eigenvalue weighted by molar-refractivity contribution is 4.71. The van der Waals surface area contributed by atoms with Crippen LogP contribution in [0.3, 0.4) is 0 Å². The summed E-state index contributed by atoms with van der Waals surface area (Å²) in [6.45, 7) is 7.41. The van der Waals surface area contributed by atoms with Gasteiger partial charge in [0.05, 0.1) is 12.4 Å². The van der Waals surface area contributed by atoms with E-state index in [2.05, 4.69) is 13.5 Å². The minimum absolute atomic E-state index is 0.302. The maximum atomic E-state index is 5.29. The fraction of sp³-hybridized carbons (Fsp3) is 0.778. The van der Waals surface area contributed by atoms with E-state index in [9.17, 15) is 0 Å². The Hall–Kier alpha value is -0.500. The second-order valence-electron chi connectivity index (χ2n) is 2.96. The Morgan fingerprint density at radius 2 is 2.18 bits per heavy atom. The molecule has 0 aromatic rings. The highest BCUT2D eigenvalue weighted by Crippen LogP contribution is 2.20. The van der Waals surface area contributed by atoms with Crippen molar-refractivity contribution in [3.05, 3.63) is 12.8 Å². The lowest BCUT2D eigenvalue weighted by molar-refractivity contribution is 0.00915. The predicted molar refractivity (Wildman–Crippen MR) is 44.3 cm³/mol. The number of rotatable bonds is 3. The first kappa shape index (κ1) is 8.60. The zero-order chi connectivity index (χ0) is 8.10. The minimum atomic E-state index is 0.302. The van der Waals surface area contributed by atoms with Gasteiger partial charge in [0, 0.05) is 13.2 Å². The van der Waals surface area contributed by atoms with Crippen molar-refractivity contribution in [3.8, 4) is 0 Å². The monoisotopic (exact) mass is 156 g/mol. The van der Waals surface area contributed by atoms with Crippen LogP contribution in [0.15, 0.2) is 12.8 Å². The van der Waals surface area contributed by atoms with Crippen molar-refractivity contribution in [1.29, 1.82) is 0 Å². The molecule has 1 fully saturated rings. The third-order valence-corrected chi connectivity index (χ3v) is 2.24. The molecule has 0 aliphatic carbocycles. The van der Waals surface area contributed by atoms with E-state index in [-0.39, 0.29) is 0 Å². The third kappa shape index (κ3) is 2.54. The first-order chi connectivity index (χ1) is 5.34. The molecule has 0 spiro atoms. The van der Waals surface area contributed by atoms with Crippen molar-refractivity contribution in [3.63, 3.8) is 0 Å². The van der Waals surface area contributed by atoms with Gasteiger partial charge >= 0.3 is 0 Å². The fourth-order valence-electron chi connectivity index (χ4n) is 1.45. The van der Waals surface area contributed by atoms with Gasteiger partial charge in [0.1, 0.15) is 0 Å². The Morgan fingerprint density at radius 3 is 2.73 bits per heavy atom. The molecule has 64 valence electrons. The van der Waals surface area contributed by atoms with Gasteiger partial charge in [-0.1, -0.05) is 6.58 Å². The van der Waals surface area contributed by atoms with Crippen LogP contribution in [0.25, 0.3) is 0 Å². The Morgan fingerprint density at radius 1 is 1.55 bits per heavy atom. The lowest BCUT2D eigenvalue weighted by Gasteiger charge is -2.26. The van der Waals surface area contributed by atoms with Gasteiger partial charge in [-0.05, 0) is 25.7 Å². The fourth-order valence-corrected chi connectivity index (χ4v) is 1.45. The Bertz CT molecular complexity index is 117. The summed E-state index contributed by atoms with van der Waals surface area (Å²) in [5.41, 5.74) is 0. The zero-order valence-corrected chi connectivity index (χ0v) is 7.08. The van der Waals surface area contributed by atoms with Crippen LogP contribution in [-0.2, 0) is 9.47 Å². The van der Waals surface area contributed by atoms with Gasteiger partial charge in [-0.25, -0.2) is 0 Å². The second kappa shape index (κ2) is 4.39. The van der Waals surface area contributed by atoms with Crippen molar-refractivity contribution < 1.29 is 9.47 Å². The van der Waals surface area contributed by atoms with Crippen LogP contribution in [0.1, 0.15) is 19.8 Å². The van der Waals surface area contributed by atoms with Crippen molar-refractivity contribution in [2.75, 3.05) is 13.2 Å². The van der Waals surface area contributed by atoms with Gasteiger partial charge in [-0.3, -0.25) is 0 Å². The van der Waals surface area contributed by atoms with Crippen LogP contribution >= 0.6 is 0 Å². The first-order valence-electron chi connectivity index (χ1n) is 4.18. The van der Waals surface area contributed by atoms with Crippen LogP contribution in [0.5, 0.6) is 0 Å². The molecule has 0 aromatic heterocycles. The lowest BCUT2D eigenvalue weighted by atomic mass is 9.95. The Kier molecular flexibility index (Phi) is 3.43. The van der Waals surface area contributed by atoms with E-state index in [1.54, 1.807) is 0 Å². The first-order valence-corrected chi connectivity index (χ1v) is 4.18. The number of hydrogen-bond acceptors (Lipinski definition) is 2. The number of ether oxygens (including phenoxy) is 2. The molecule has 0 saturated carbocycles. The van der Waals surface area contributed by atoms with Gasteiger partial charge in [0.25, 0.3) is 0 Å². The van der Waals surface area contributed by atoms with Gasteiger partial charge in [-0.2, -0.15) is 0 Å². The maximum absolute atomic E-state index is 5.29. The molecule has 2 heteroatoms. The van der Waals surface area contributed by atoms with E-state index < -0.39 is 0 Å². The van der Waals surface area contributed by atoms with Crippen LogP contribution in [0, 0.1) is 5.92 Å². The van der Waals surface area contributed by atoms with Gasteiger partial charge in [-0.15, -0.1) is 0 Å². The summed E-state index contributed by atoms with van der Waals surface area (Å²) in [6.07, 6.45) is 4.07. The molecular formula is C9H16O2. The third-order valence-electron chi connectivity index (χ3n) is 2.24. The molecular weight excluding hydrogens is 140 g/mol. The molecule has 0 N–H and O–H groups in total. The average Bonchev–Trinajstić information content (AvgIpc) is 2.07. The minimum Gasteiger partial charge on any atom is -0.499 e. The van der Waals surface area contributed by atoms with Crippen molar-refractivity contribution in [2.24, 2.45) is 5.92 Å². The molecule has 1 aliphatic heterocycles. The molecule has 1 unspecified atom stereocenters. The molecule has 0 bridgehead atoms. The highest BCUT2D eigenvalue weighted by atomic mass is 16.5. The normalized spacial score (nSPS) is 22.6. The summed E-state index contributed by atoms with van der Waals surface area (Å²) in [4.78, 5) is 0. The van der Waals surface area contributed by atoms with Crippen LogP contribution < -0.4 is 0 Å². The standard InChI is InChI=1S/C9H16O2/c1-3-11-8(2)9-4-6-10-7-5-9/h3,8-9H,1,4-7H2,2H3. The summed E-state index contributed by atoms with van der Waals surface area (Å²) < 4.78 is 10.5. The largest absolute Gasteiger partial charge is 0.499 e. The summed E-state index contributed by atoms with van der Waals surface area (Å²) in [5, 5.41) is 0. The summed E-state index contributed by atoms with van der Waals surface area (Å²) in [5.74, 6) is 0.654. The highest BCUT2D eigenvalue weighted by Gasteiger charge is 2.20. The Balaban J connectivity index is 2.26. The quantitative estimate of drug-likeness (QED) is 0.581. The van der Waals surface area contributed by atoms with Gasteiger partial charge in [0.15, 0.2) is 0 Å². The molecule has 11 heavy (non-hydrogen) atoms. The van der Waals surface area contributed by atoms with Gasteiger partial charge < -0.3 is 9.47 Å². The van der Waals surface area contributed by atoms with Crippen LogP contribution in [0.2, 0.25) is 0 Å². The molecule has 1 atom stereocenters. The molecule has 1 aliphatic rings. The van der Waals surface area contributed by atoms with Crippen molar-refractivity contribution in [2.45, 2.75) is 25.9 Å². The molecule has 2 nitrogen and oxygen atoms in total. The summed E-state index contributed by atoms with van der Waals surface area (Å²) in [7, 11) is 0. The summed E-state index contributed by atoms with van der Waals surface area (Å²) in [6, 6.07) is 0. The van der Waals surface area contributed by atoms with E-state index >= 15 is 0 Å². The van der Waals surface area contributed by atoms with Crippen molar-refractivity contribution >= 4 is 0 Å². The molecule has 1 rings (SSSR count). The van der Waals surface area contributed by atoms with Crippen LogP contribution in [-0.4, -0.2) is 19.3 Å². The molecule has 1 saturated heterocycles. The molecule has 0 radical (unpaired) electrons. The van der Waals surface area contributed by atoms with Crippen LogP contribution in [0.4, 0.5) is 0 Å². The molecule has 1 heterocycles. The topological polar surface area (TPSA) is 18.5 Å².